The fraction of sp³-hybridized carbons (Fsp3) is 0.278. The van der Waals surface area contributed by atoms with Gasteiger partial charge in [-0.3, -0.25) is 4.79 Å². The number of hydrogen-bond acceptors (Lipinski definition) is 3. The van der Waals surface area contributed by atoms with E-state index in [1.54, 1.807) is 12.1 Å². The van der Waals surface area contributed by atoms with Crippen LogP contribution < -0.4 is 9.62 Å². The van der Waals surface area contributed by atoms with Gasteiger partial charge in [0.2, 0.25) is 15.9 Å². The van der Waals surface area contributed by atoms with Gasteiger partial charge in [0.1, 0.15) is 0 Å². The maximum atomic E-state index is 12.8. The lowest BCUT2D eigenvalue weighted by Crippen LogP contribution is -2.42. The number of nitrogens with zero attached hydrogens (tertiary/aromatic N) is 1. The van der Waals surface area contributed by atoms with E-state index >= 15 is 0 Å². The second-order valence-electron chi connectivity index (χ2n) is 6.13. The highest BCUT2D eigenvalue weighted by atomic mass is 32.2. The summed E-state index contributed by atoms with van der Waals surface area (Å²) < 4.78 is 65.0. The molecule has 1 amide bonds. The molecule has 0 bridgehead atoms. The molecule has 0 unspecified atom stereocenters. The number of halogens is 3. The van der Waals surface area contributed by atoms with Crippen molar-refractivity contribution < 1.29 is 26.4 Å². The molecule has 0 aromatic heterocycles. The predicted molar refractivity (Wildman–Crippen MR) is 93.7 cm³/mol. The van der Waals surface area contributed by atoms with Crippen LogP contribution in [0.5, 0.6) is 0 Å². The van der Waals surface area contributed by atoms with Crippen LogP contribution in [0.25, 0.3) is 0 Å². The Bertz CT molecular complexity index is 958. The molecule has 1 aliphatic rings. The van der Waals surface area contributed by atoms with E-state index in [1.807, 2.05) is 12.1 Å². The average Bonchev–Trinajstić information content (AvgIpc) is 2.65. The number of para-hydroxylation sites is 1. The molecule has 1 aliphatic heterocycles. The number of fused-ring (bicyclic) bond motifs is 1. The molecule has 144 valence electrons. The smallest absolute Gasteiger partial charge is 0.311 e. The summed E-state index contributed by atoms with van der Waals surface area (Å²) in [6, 6.07) is 10.7. The molecular formula is C18H17F3N2O3S. The first-order valence-electron chi connectivity index (χ1n) is 8.24. The van der Waals surface area contributed by atoms with Crippen LogP contribution in [-0.4, -0.2) is 27.4 Å². The molecule has 0 aliphatic carbocycles. The summed E-state index contributed by atoms with van der Waals surface area (Å²) in [7, 11) is -4.25. The maximum absolute atomic E-state index is 12.8. The van der Waals surface area contributed by atoms with Crippen molar-refractivity contribution in [2.45, 2.75) is 23.9 Å². The van der Waals surface area contributed by atoms with Crippen molar-refractivity contribution >= 4 is 21.6 Å². The number of amides is 1. The topological polar surface area (TPSA) is 66.5 Å². The third-order valence-corrected chi connectivity index (χ3v) is 5.70. The Morgan fingerprint density at radius 2 is 1.85 bits per heavy atom. The molecule has 3 rings (SSSR count). The Morgan fingerprint density at radius 1 is 1.11 bits per heavy atom. The Hall–Kier alpha value is -2.39. The SMILES string of the molecule is O=C(CNS(=O)(=O)c1cccc(C(F)(F)F)c1)N1CCCc2ccccc21. The van der Waals surface area contributed by atoms with E-state index in [4.69, 9.17) is 0 Å². The molecule has 0 spiro atoms. The zero-order chi connectivity index (χ0) is 19.7. The number of hydrogen-bond donors (Lipinski definition) is 1. The van der Waals surface area contributed by atoms with Crippen molar-refractivity contribution in [1.82, 2.24) is 4.72 Å². The molecular weight excluding hydrogens is 381 g/mol. The van der Waals surface area contributed by atoms with Gasteiger partial charge in [-0.2, -0.15) is 13.2 Å². The van der Waals surface area contributed by atoms with Gasteiger partial charge < -0.3 is 4.90 Å². The van der Waals surface area contributed by atoms with Crippen LogP contribution in [0.2, 0.25) is 0 Å². The standard InChI is InChI=1S/C18H17F3N2O3S/c19-18(20,21)14-7-3-8-15(11-14)27(25,26)22-12-17(24)23-10-4-6-13-5-1-2-9-16(13)23/h1-3,5,7-9,11,22H,4,6,10,12H2. The first-order valence-corrected chi connectivity index (χ1v) is 9.72. The summed E-state index contributed by atoms with van der Waals surface area (Å²) in [6.45, 7) is -0.0754. The van der Waals surface area contributed by atoms with E-state index < -0.39 is 39.1 Å². The fourth-order valence-electron chi connectivity index (χ4n) is 2.97. The minimum absolute atomic E-state index is 0.459. The summed E-state index contributed by atoms with van der Waals surface area (Å²) in [5.41, 5.74) is 0.659. The minimum Gasteiger partial charge on any atom is -0.311 e. The molecule has 0 saturated heterocycles. The Labute approximate surface area is 154 Å². The van der Waals surface area contributed by atoms with Crippen molar-refractivity contribution in [3.05, 3.63) is 59.7 Å². The predicted octanol–water partition coefficient (Wildman–Crippen LogP) is 2.96. The van der Waals surface area contributed by atoms with E-state index in [2.05, 4.69) is 4.72 Å². The molecule has 1 N–H and O–H groups in total. The van der Waals surface area contributed by atoms with E-state index in [9.17, 15) is 26.4 Å². The quantitative estimate of drug-likeness (QED) is 0.861. The van der Waals surface area contributed by atoms with Crippen LogP contribution in [0.4, 0.5) is 18.9 Å². The Morgan fingerprint density at radius 3 is 2.59 bits per heavy atom. The van der Waals surface area contributed by atoms with Crippen LogP contribution in [0.3, 0.4) is 0 Å². The van der Waals surface area contributed by atoms with Gasteiger partial charge in [-0.15, -0.1) is 0 Å². The Kier molecular flexibility index (Phi) is 5.25. The van der Waals surface area contributed by atoms with Gasteiger partial charge in [0.05, 0.1) is 17.0 Å². The number of alkyl halides is 3. The highest BCUT2D eigenvalue weighted by molar-refractivity contribution is 7.89. The summed E-state index contributed by atoms with van der Waals surface area (Å²) in [5, 5.41) is 0. The van der Waals surface area contributed by atoms with Crippen molar-refractivity contribution in [1.29, 1.82) is 0 Å². The number of carbonyl (C=O) groups excluding carboxylic acids is 1. The van der Waals surface area contributed by atoms with Gasteiger partial charge in [0, 0.05) is 12.2 Å². The number of carbonyl (C=O) groups is 1. The van der Waals surface area contributed by atoms with E-state index in [-0.39, 0.29) is 0 Å². The summed E-state index contributed by atoms with van der Waals surface area (Å²) >= 11 is 0. The van der Waals surface area contributed by atoms with E-state index in [0.29, 0.717) is 12.6 Å². The summed E-state index contributed by atoms with van der Waals surface area (Å²) in [4.78, 5) is 13.4. The normalized spacial score (nSPS) is 14.7. The minimum atomic E-state index is -4.65. The van der Waals surface area contributed by atoms with Gasteiger partial charge in [-0.25, -0.2) is 13.1 Å². The van der Waals surface area contributed by atoms with E-state index in [1.165, 1.54) is 4.90 Å². The van der Waals surface area contributed by atoms with Gasteiger partial charge in [-0.05, 0) is 42.7 Å². The summed E-state index contributed by atoms with van der Waals surface area (Å²) in [5.74, 6) is -0.460. The fourth-order valence-corrected chi connectivity index (χ4v) is 3.99. The molecule has 2 aromatic rings. The van der Waals surface area contributed by atoms with Crippen LogP contribution in [0.1, 0.15) is 17.5 Å². The molecule has 1 heterocycles. The zero-order valence-electron chi connectivity index (χ0n) is 14.2. The first kappa shape index (κ1) is 19.4. The molecule has 9 heteroatoms. The maximum Gasteiger partial charge on any atom is 0.416 e. The van der Waals surface area contributed by atoms with Crippen LogP contribution in [0.15, 0.2) is 53.4 Å². The lowest BCUT2D eigenvalue weighted by atomic mass is 10.0. The van der Waals surface area contributed by atoms with E-state index in [0.717, 1.165) is 42.3 Å². The number of rotatable bonds is 4. The number of anilines is 1. The second-order valence-corrected chi connectivity index (χ2v) is 7.89. The van der Waals surface area contributed by atoms with Crippen molar-refractivity contribution in [2.75, 3.05) is 18.0 Å². The molecule has 0 saturated carbocycles. The summed E-state index contributed by atoms with van der Waals surface area (Å²) in [6.07, 6.45) is -3.07. The largest absolute Gasteiger partial charge is 0.416 e. The molecule has 2 aromatic carbocycles. The third-order valence-electron chi connectivity index (χ3n) is 4.30. The van der Waals surface area contributed by atoms with Gasteiger partial charge in [0.15, 0.2) is 0 Å². The highest BCUT2D eigenvalue weighted by Gasteiger charge is 2.32. The molecule has 0 atom stereocenters. The number of aryl methyl sites for hydroxylation is 1. The van der Waals surface area contributed by atoms with Crippen molar-refractivity contribution in [3.63, 3.8) is 0 Å². The van der Waals surface area contributed by atoms with Crippen molar-refractivity contribution in [2.24, 2.45) is 0 Å². The Balaban J connectivity index is 1.74. The van der Waals surface area contributed by atoms with Crippen LogP contribution in [0, 0.1) is 0 Å². The molecule has 0 radical (unpaired) electrons. The lowest BCUT2D eigenvalue weighted by molar-refractivity contribution is -0.137. The monoisotopic (exact) mass is 398 g/mol. The average molecular weight is 398 g/mol. The molecule has 0 fully saturated rings. The van der Waals surface area contributed by atoms with Crippen LogP contribution >= 0.6 is 0 Å². The third kappa shape index (κ3) is 4.30. The van der Waals surface area contributed by atoms with Gasteiger partial charge >= 0.3 is 6.18 Å². The van der Waals surface area contributed by atoms with Gasteiger partial charge in [-0.1, -0.05) is 24.3 Å². The zero-order valence-corrected chi connectivity index (χ0v) is 15.0. The lowest BCUT2D eigenvalue weighted by Gasteiger charge is -2.29. The highest BCUT2D eigenvalue weighted by Crippen LogP contribution is 2.30. The number of sulfonamides is 1. The second kappa shape index (κ2) is 7.32. The van der Waals surface area contributed by atoms with Crippen molar-refractivity contribution in [3.8, 4) is 0 Å². The molecule has 27 heavy (non-hydrogen) atoms. The number of benzene rings is 2. The number of nitrogens with one attached hydrogen (secondary N) is 1. The molecule has 5 nitrogen and oxygen atoms in total. The van der Waals surface area contributed by atoms with Gasteiger partial charge in [0.25, 0.3) is 0 Å². The first-order chi connectivity index (χ1) is 12.7. The van der Waals surface area contributed by atoms with Crippen LogP contribution in [-0.2, 0) is 27.4 Å².